The Hall–Kier alpha value is -1.98. The summed E-state index contributed by atoms with van der Waals surface area (Å²) in [7, 11) is 0. The molecule has 0 fully saturated rings. The summed E-state index contributed by atoms with van der Waals surface area (Å²) in [5, 5.41) is 2.68. The van der Waals surface area contributed by atoms with Crippen molar-refractivity contribution in [1.82, 2.24) is 5.32 Å². The summed E-state index contributed by atoms with van der Waals surface area (Å²) in [6, 6.07) is 10.8. The Balaban J connectivity index is 0.00000312. The Kier molecular flexibility index (Phi) is 8.00. The lowest BCUT2D eigenvalue weighted by atomic mass is 9.99. The molecule has 0 aliphatic heterocycles. The Labute approximate surface area is 153 Å². The SMILES string of the molecule is CC(C)c1ccc(C(N)CNC(=O)Cc2ccc(F)cc2F)cc1.Cl. The van der Waals surface area contributed by atoms with Crippen molar-refractivity contribution < 1.29 is 13.6 Å². The molecule has 25 heavy (non-hydrogen) atoms. The first kappa shape index (κ1) is 21.1. The van der Waals surface area contributed by atoms with Gasteiger partial charge in [-0.15, -0.1) is 12.4 Å². The fourth-order valence-electron chi connectivity index (χ4n) is 2.37. The summed E-state index contributed by atoms with van der Waals surface area (Å²) in [5.74, 6) is -1.29. The first-order valence-corrected chi connectivity index (χ1v) is 7.93. The van der Waals surface area contributed by atoms with Gasteiger partial charge in [-0.25, -0.2) is 8.78 Å². The summed E-state index contributed by atoms with van der Waals surface area (Å²) in [6.07, 6.45) is -0.148. The molecule has 0 aliphatic rings. The number of hydrogen-bond donors (Lipinski definition) is 2. The van der Waals surface area contributed by atoms with Gasteiger partial charge in [0.1, 0.15) is 11.6 Å². The second-order valence-electron chi connectivity index (χ2n) is 6.14. The van der Waals surface area contributed by atoms with Crippen molar-refractivity contribution in [2.75, 3.05) is 6.54 Å². The number of nitrogens with two attached hydrogens (primary N) is 1. The molecule has 0 aromatic heterocycles. The van der Waals surface area contributed by atoms with Gasteiger partial charge in [-0.1, -0.05) is 44.2 Å². The first-order chi connectivity index (χ1) is 11.4. The zero-order valence-electron chi connectivity index (χ0n) is 14.3. The Morgan fingerprint density at radius 1 is 1.08 bits per heavy atom. The highest BCUT2D eigenvalue weighted by Crippen LogP contribution is 2.17. The molecule has 0 aliphatic carbocycles. The topological polar surface area (TPSA) is 55.1 Å². The molecule has 2 aromatic carbocycles. The van der Waals surface area contributed by atoms with Crippen LogP contribution in [0.3, 0.4) is 0 Å². The number of benzene rings is 2. The van der Waals surface area contributed by atoms with E-state index in [1.54, 1.807) is 0 Å². The monoisotopic (exact) mass is 368 g/mol. The Morgan fingerprint density at radius 2 is 1.68 bits per heavy atom. The third kappa shape index (κ3) is 6.11. The molecule has 0 saturated carbocycles. The summed E-state index contributed by atoms with van der Waals surface area (Å²) >= 11 is 0. The lowest BCUT2D eigenvalue weighted by Crippen LogP contribution is -2.33. The number of rotatable bonds is 6. The van der Waals surface area contributed by atoms with Crippen LogP contribution in [-0.4, -0.2) is 12.5 Å². The normalized spacial score (nSPS) is 11.8. The molecular weight excluding hydrogens is 346 g/mol. The first-order valence-electron chi connectivity index (χ1n) is 7.93. The molecule has 6 heteroatoms. The average Bonchev–Trinajstić information content (AvgIpc) is 2.55. The lowest BCUT2D eigenvalue weighted by Gasteiger charge is -2.15. The van der Waals surface area contributed by atoms with E-state index in [2.05, 4.69) is 19.2 Å². The van der Waals surface area contributed by atoms with Gasteiger partial charge < -0.3 is 11.1 Å². The molecule has 0 spiro atoms. The third-order valence-electron chi connectivity index (χ3n) is 3.92. The summed E-state index contributed by atoms with van der Waals surface area (Å²) in [4.78, 5) is 11.9. The van der Waals surface area contributed by atoms with Gasteiger partial charge in [0, 0.05) is 18.7 Å². The van der Waals surface area contributed by atoms with Crippen molar-refractivity contribution in [3.05, 3.63) is 70.8 Å². The molecule has 0 heterocycles. The fraction of sp³-hybridized carbons (Fsp3) is 0.316. The number of amides is 1. The van der Waals surface area contributed by atoms with Crippen LogP contribution in [0, 0.1) is 11.6 Å². The Bertz CT molecular complexity index is 705. The van der Waals surface area contributed by atoms with Gasteiger partial charge in [0.25, 0.3) is 0 Å². The molecule has 0 bridgehead atoms. The van der Waals surface area contributed by atoms with Crippen LogP contribution < -0.4 is 11.1 Å². The summed E-state index contributed by atoms with van der Waals surface area (Å²) in [6.45, 7) is 4.48. The van der Waals surface area contributed by atoms with Crippen molar-refractivity contribution in [2.45, 2.75) is 32.2 Å². The number of carbonyl (C=O) groups is 1. The van der Waals surface area contributed by atoms with E-state index in [1.807, 2.05) is 24.3 Å². The van der Waals surface area contributed by atoms with E-state index in [1.165, 1.54) is 11.6 Å². The number of halogens is 3. The maximum Gasteiger partial charge on any atom is 0.224 e. The van der Waals surface area contributed by atoms with Gasteiger partial charge in [0.05, 0.1) is 6.42 Å². The molecule has 1 unspecified atom stereocenters. The molecule has 1 atom stereocenters. The minimum atomic E-state index is -0.723. The molecule has 2 aromatic rings. The molecule has 3 nitrogen and oxygen atoms in total. The molecular formula is C19H23ClF2N2O. The van der Waals surface area contributed by atoms with Crippen LogP contribution in [0.4, 0.5) is 8.78 Å². The summed E-state index contributed by atoms with van der Waals surface area (Å²) < 4.78 is 26.4. The Morgan fingerprint density at radius 3 is 2.24 bits per heavy atom. The number of carbonyl (C=O) groups excluding carboxylic acids is 1. The minimum Gasteiger partial charge on any atom is -0.354 e. The van der Waals surface area contributed by atoms with Gasteiger partial charge in [0.15, 0.2) is 0 Å². The number of hydrogen-bond acceptors (Lipinski definition) is 2. The maximum absolute atomic E-state index is 13.5. The fourth-order valence-corrected chi connectivity index (χ4v) is 2.37. The van der Waals surface area contributed by atoms with Crippen molar-refractivity contribution in [2.24, 2.45) is 5.73 Å². The van der Waals surface area contributed by atoms with Crippen LogP contribution in [0.1, 0.15) is 42.5 Å². The van der Waals surface area contributed by atoms with Crippen LogP contribution in [0.5, 0.6) is 0 Å². The van der Waals surface area contributed by atoms with E-state index in [4.69, 9.17) is 5.73 Å². The van der Waals surface area contributed by atoms with Crippen molar-refractivity contribution in [3.8, 4) is 0 Å². The van der Waals surface area contributed by atoms with Crippen LogP contribution in [0.2, 0.25) is 0 Å². The van der Waals surface area contributed by atoms with Crippen LogP contribution in [0.25, 0.3) is 0 Å². The lowest BCUT2D eigenvalue weighted by molar-refractivity contribution is -0.120. The van der Waals surface area contributed by atoms with E-state index in [9.17, 15) is 13.6 Å². The second-order valence-corrected chi connectivity index (χ2v) is 6.14. The van der Waals surface area contributed by atoms with Crippen molar-refractivity contribution in [1.29, 1.82) is 0 Å². The smallest absolute Gasteiger partial charge is 0.224 e. The van der Waals surface area contributed by atoms with Gasteiger partial charge in [-0.2, -0.15) is 0 Å². The largest absolute Gasteiger partial charge is 0.354 e. The highest BCUT2D eigenvalue weighted by molar-refractivity contribution is 5.85. The number of nitrogens with one attached hydrogen (secondary N) is 1. The highest BCUT2D eigenvalue weighted by atomic mass is 35.5. The standard InChI is InChI=1S/C19H22F2N2O.ClH/c1-12(2)13-3-5-14(6-4-13)18(22)11-23-19(24)9-15-7-8-16(20)10-17(15)21;/h3-8,10,12,18H,9,11,22H2,1-2H3,(H,23,24);1H. The zero-order chi connectivity index (χ0) is 17.7. The molecule has 0 saturated heterocycles. The quantitative estimate of drug-likeness (QED) is 0.813. The summed E-state index contributed by atoms with van der Waals surface area (Å²) in [5.41, 5.74) is 8.38. The van der Waals surface area contributed by atoms with Gasteiger partial charge in [-0.05, 0) is 28.7 Å². The third-order valence-corrected chi connectivity index (χ3v) is 3.92. The van der Waals surface area contributed by atoms with Crippen molar-refractivity contribution in [3.63, 3.8) is 0 Å². The molecule has 2 rings (SSSR count). The minimum absolute atomic E-state index is 0. The van der Waals surface area contributed by atoms with Crippen LogP contribution in [-0.2, 0) is 11.2 Å². The van der Waals surface area contributed by atoms with Crippen molar-refractivity contribution >= 4 is 18.3 Å². The van der Waals surface area contributed by atoms with Crippen LogP contribution >= 0.6 is 12.4 Å². The van der Waals surface area contributed by atoms with E-state index in [-0.39, 0.29) is 42.9 Å². The highest BCUT2D eigenvalue weighted by Gasteiger charge is 2.12. The zero-order valence-corrected chi connectivity index (χ0v) is 15.1. The van der Waals surface area contributed by atoms with Gasteiger partial charge >= 0.3 is 0 Å². The van der Waals surface area contributed by atoms with Gasteiger partial charge in [-0.3, -0.25) is 4.79 Å². The van der Waals surface area contributed by atoms with E-state index in [0.717, 1.165) is 17.7 Å². The molecule has 136 valence electrons. The molecule has 1 amide bonds. The molecule has 0 radical (unpaired) electrons. The van der Waals surface area contributed by atoms with Crippen LogP contribution in [0.15, 0.2) is 42.5 Å². The predicted octanol–water partition coefficient (Wildman–Crippen LogP) is 3.87. The second kappa shape index (κ2) is 9.49. The molecule has 3 N–H and O–H groups in total. The van der Waals surface area contributed by atoms with Gasteiger partial charge in [0.2, 0.25) is 5.91 Å². The van der Waals surface area contributed by atoms with E-state index >= 15 is 0 Å². The average molecular weight is 369 g/mol. The maximum atomic E-state index is 13.5. The predicted molar refractivity (Wildman–Crippen MR) is 97.8 cm³/mol. The van der Waals surface area contributed by atoms with E-state index < -0.39 is 11.6 Å². The van der Waals surface area contributed by atoms with E-state index in [0.29, 0.717) is 5.92 Å².